The summed E-state index contributed by atoms with van der Waals surface area (Å²) in [6.07, 6.45) is 8.40. The van der Waals surface area contributed by atoms with Gasteiger partial charge >= 0.3 is 0 Å². The van der Waals surface area contributed by atoms with E-state index in [1.54, 1.807) is 0 Å². The molecule has 0 aromatic rings. The van der Waals surface area contributed by atoms with Gasteiger partial charge in [0.2, 0.25) is 5.91 Å². The van der Waals surface area contributed by atoms with Crippen molar-refractivity contribution in [3.63, 3.8) is 0 Å². The van der Waals surface area contributed by atoms with Crippen LogP contribution in [0.25, 0.3) is 0 Å². The van der Waals surface area contributed by atoms with E-state index in [4.69, 9.17) is 0 Å². The van der Waals surface area contributed by atoms with Crippen LogP contribution < -0.4 is 5.32 Å². The first kappa shape index (κ1) is 17.2. The van der Waals surface area contributed by atoms with Crippen LogP contribution in [0.2, 0.25) is 0 Å². The predicted octanol–water partition coefficient (Wildman–Crippen LogP) is 2.49. The third kappa shape index (κ3) is 4.69. The highest BCUT2D eigenvalue weighted by molar-refractivity contribution is 5.79. The fourth-order valence-corrected chi connectivity index (χ4v) is 4.68. The number of amides is 1. The third-order valence-corrected chi connectivity index (χ3v) is 5.91. The molecule has 1 amide bonds. The molecule has 0 spiro atoms. The summed E-state index contributed by atoms with van der Waals surface area (Å²) < 4.78 is 0. The average molecular weight is 322 g/mol. The first-order valence-electron chi connectivity index (χ1n) is 9.87. The van der Waals surface area contributed by atoms with Crippen LogP contribution in [-0.4, -0.2) is 60.5 Å². The summed E-state index contributed by atoms with van der Waals surface area (Å²) in [6, 6.07) is 1.22. The molecule has 3 aliphatic rings. The van der Waals surface area contributed by atoms with Crippen molar-refractivity contribution in [3.8, 4) is 0 Å². The maximum Gasteiger partial charge on any atom is 0.223 e. The SMILES string of the molecule is CC(C)CN1CCC(NCC2CC(=O)N(C3CCCC3)C2)CC1. The lowest BCUT2D eigenvalue weighted by Crippen LogP contribution is -2.45. The molecule has 132 valence electrons. The maximum atomic E-state index is 12.3. The van der Waals surface area contributed by atoms with Crippen LogP contribution in [0.4, 0.5) is 0 Å². The normalized spacial score (nSPS) is 28.4. The molecular formula is C19H35N3O. The van der Waals surface area contributed by atoms with Gasteiger partial charge in [0.1, 0.15) is 0 Å². The number of carbonyl (C=O) groups excluding carboxylic acids is 1. The molecule has 2 saturated heterocycles. The number of piperidine rings is 1. The Morgan fingerprint density at radius 2 is 1.83 bits per heavy atom. The van der Waals surface area contributed by atoms with Gasteiger partial charge in [0.25, 0.3) is 0 Å². The summed E-state index contributed by atoms with van der Waals surface area (Å²) in [6.45, 7) is 10.3. The molecule has 23 heavy (non-hydrogen) atoms. The molecule has 2 heterocycles. The zero-order chi connectivity index (χ0) is 16.2. The van der Waals surface area contributed by atoms with Crippen LogP contribution in [0.1, 0.15) is 58.8 Å². The standard InChI is InChI=1S/C19H35N3O/c1-15(2)13-21-9-7-17(8-10-21)20-12-16-11-19(23)22(14-16)18-5-3-4-6-18/h15-18,20H,3-14H2,1-2H3. The fourth-order valence-electron chi connectivity index (χ4n) is 4.68. The van der Waals surface area contributed by atoms with Crippen LogP contribution in [0.3, 0.4) is 0 Å². The van der Waals surface area contributed by atoms with E-state index in [0.29, 0.717) is 23.9 Å². The first-order valence-corrected chi connectivity index (χ1v) is 9.87. The van der Waals surface area contributed by atoms with Crippen molar-refractivity contribution in [2.45, 2.75) is 70.9 Å². The van der Waals surface area contributed by atoms with Gasteiger partial charge in [0.15, 0.2) is 0 Å². The van der Waals surface area contributed by atoms with Gasteiger partial charge in [-0.2, -0.15) is 0 Å². The van der Waals surface area contributed by atoms with Crippen molar-refractivity contribution in [3.05, 3.63) is 0 Å². The van der Waals surface area contributed by atoms with E-state index in [1.165, 1.54) is 58.2 Å². The Bertz CT molecular complexity index is 384. The van der Waals surface area contributed by atoms with Gasteiger partial charge in [-0.05, 0) is 50.6 Å². The molecule has 1 atom stereocenters. The summed E-state index contributed by atoms with van der Waals surface area (Å²) in [5, 5.41) is 3.76. The van der Waals surface area contributed by atoms with E-state index in [0.717, 1.165) is 25.4 Å². The molecule has 1 N–H and O–H groups in total. The van der Waals surface area contributed by atoms with Gasteiger partial charge < -0.3 is 15.1 Å². The van der Waals surface area contributed by atoms with Gasteiger partial charge in [-0.1, -0.05) is 26.7 Å². The van der Waals surface area contributed by atoms with Crippen LogP contribution in [0.15, 0.2) is 0 Å². The highest BCUT2D eigenvalue weighted by Crippen LogP contribution is 2.29. The highest BCUT2D eigenvalue weighted by Gasteiger charge is 2.35. The van der Waals surface area contributed by atoms with E-state index in [1.807, 2.05) is 0 Å². The Morgan fingerprint density at radius 1 is 1.13 bits per heavy atom. The van der Waals surface area contributed by atoms with Crippen LogP contribution in [0.5, 0.6) is 0 Å². The Labute approximate surface area is 142 Å². The fraction of sp³-hybridized carbons (Fsp3) is 0.947. The van der Waals surface area contributed by atoms with Gasteiger partial charge in [-0.3, -0.25) is 4.79 Å². The van der Waals surface area contributed by atoms with Gasteiger partial charge in [-0.15, -0.1) is 0 Å². The molecule has 0 bridgehead atoms. The van der Waals surface area contributed by atoms with Crippen molar-refractivity contribution in [1.29, 1.82) is 0 Å². The van der Waals surface area contributed by atoms with Crippen molar-refractivity contribution in [2.24, 2.45) is 11.8 Å². The van der Waals surface area contributed by atoms with Crippen molar-refractivity contribution < 1.29 is 4.79 Å². The van der Waals surface area contributed by atoms with Crippen molar-refractivity contribution in [1.82, 2.24) is 15.1 Å². The van der Waals surface area contributed by atoms with Gasteiger partial charge in [-0.25, -0.2) is 0 Å². The average Bonchev–Trinajstić information content (AvgIpc) is 3.15. The van der Waals surface area contributed by atoms with E-state index in [9.17, 15) is 4.79 Å². The molecule has 4 heteroatoms. The largest absolute Gasteiger partial charge is 0.339 e. The first-order chi connectivity index (χ1) is 11.1. The number of nitrogens with zero attached hydrogens (tertiary/aromatic N) is 2. The van der Waals surface area contributed by atoms with Crippen molar-refractivity contribution in [2.75, 3.05) is 32.7 Å². The molecule has 0 radical (unpaired) electrons. The lowest BCUT2D eigenvalue weighted by Gasteiger charge is -2.34. The minimum Gasteiger partial charge on any atom is -0.339 e. The monoisotopic (exact) mass is 321 g/mol. The Morgan fingerprint density at radius 3 is 2.48 bits per heavy atom. The molecule has 1 saturated carbocycles. The second-order valence-electron chi connectivity index (χ2n) is 8.43. The topological polar surface area (TPSA) is 35.6 Å². The molecular weight excluding hydrogens is 286 g/mol. The summed E-state index contributed by atoms with van der Waals surface area (Å²) in [5.41, 5.74) is 0. The summed E-state index contributed by atoms with van der Waals surface area (Å²) >= 11 is 0. The molecule has 1 unspecified atom stereocenters. The molecule has 4 nitrogen and oxygen atoms in total. The van der Waals surface area contributed by atoms with Crippen LogP contribution >= 0.6 is 0 Å². The Kier molecular flexibility index (Phi) is 5.97. The summed E-state index contributed by atoms with van der Waals surface area (Å²) in [5.74, 6) is 1.72. The molecule has 1 aliphatic carbocycles. The zero-order valence-corrected chi connectivity index (χ0v) is 15.1. The van der Waals surface area contributed by atoms with E-state index in [2.05, 4.69) is 29.0 Å². The molecule has 3 fully saturated rings. The van der Waals surface area contributed by atoms with Crippen LogP contribution in [0, 0.1) is 11.8 Å². The lowest BCUT2D eigenvalue weighted by atomic mass is 10.0. The van der Waals surface area contributed by atoms with E-state index >= 15 is 0 Å². The highest BCUT2D eigenvalue weighted by atomic mass is 16.2. The second-order valence-corrected chi connectivity index (χ2v) is 8.43. The zero-order valence-electron chi connectivity index (χ0n) is 15.1. The van der Waals surface area contributed by atoms with Crippen molar-refractivity contribution >= 4 is 5.91 Å². The smallest absolute Gasteiger partial charge is 0.223 e. The predicted molar refractivity (Wildman–Crippen MR) is 94.4 cm³/mol. The lowest BCUT2D eigenvalue weighted by molar-refractivity contribution is -0.129. The number of hydrogen-bond acceptors (Lipinski definition) is 3. The number of nitrogens with one attached hydrogen (secondary N) is 1. The number of hydrogen-bond donors (Lipinski definition) is 1. The van der Waals surface area contributed by atoms with E-state index in [-0.39, 0.29) is 0 Å². The quantitative estimate of drug-likeness (QED) is 0.816. The summed E-state index contributed by atoms with van der Waals surface area (Å²) in [7, 11) is 0. The summed E-state index contributed by atoms with van der Waals surface area (Å²) in [4.78, 5) is 17.1. The van der Waals surface area contributed by atoms with E-state index < -0.39 is 0 Å². The molecule has 2 aliphatic heterocycles. The van der Waals surface area contributed by atoms with Gasteiger partial charge in [0.05, 0.1) is 0 Å². The Hall–Kier alpha value is -0.610. The Balaban J connectivity index is 1.36. The molecule has 3 rings (SSSR count). The maximum absolute atomic E-state index is 12.3. The number of rotatable bonds is 6. The molecule has 0 aromatic heterocycles. The van der Waals surface area contributed by atoms with Gasteiger partial charge in [0, 0.05) is 38.1 Å². The second kappa shape index (κ2) is 7.98. The number of likely N-dealkylation sites (tertiary alicyclic amines) is 2. The number of carbonyl (C=O) groups is 1. The minimum atomic E-state index is 0.412. The minimum absolute atomic E-state index is 0.412. The molecule has 0 aromatic carbocycles. The van der Waals surface area contributed by atoms with Crippen LogP contribution in [-0.2, 0) is 4.79 Å². The third-order valence-electron chi connectivity index (χ3n) is 5.91.